The summed E-state index contributed by atoms with van der Waals surface area (Å²) in [6.07, 6.45) is 1.60. The van der Waals surface area contributed by atoms with Crippen LogP contribution in [-0.4, -0.2) is 22.6 Å². The van der Waals surface area contributed by atoms with Crippen LogP contribution in [0.1, 0.15) is 0 Å². The van der Waals surface area contributed by atoms with Crippen LogP contribution in [0.5, 0.6) is 0 Å². The molecule has 5 nitrogen and oxygen atoms in total. The van der Waals surface area contributed by atoms with E-state index in [9.17, 15) is 9.59 Å². The van der Waals surface area contributed by atoms with Gasteiger partial charge in [-0.25, -0.2) is 4.79 Å². The highest BCUT2D eigenvalue weighted by atomic mass is 16.5. The van der Waals surface area contributed by atoms with Crippen molar-refractivity contribution in [2.24, 2.45) is 0 Å². The molecule has 0 aliphatic carbocycles. The number of hydrogen-bond donors (Lipinski definition) is 0. The first kappa shape index (κ1) is 10.4. The van der Waals surface area contributed by atoms with Crippen LogP contribution >= 0.6 is 0 Å². The van der Waals surface area contributed by atoms with Crippen molar-refractivity contribution in [1.29, 1.82) is 0 Å². The predicted molar refractivity (Wildman–Crippen MR) is 58.0 cm³/mol. The van der Waals surface area contributed by atoms with Crippen LogP contribution in [0.4, 0.5) is 0 Å². The Labute approximate surface area is 91.3 Å². The van der Waals surface area contributed by atoms with Gasteiger partial charge in [-0.15, -0.1) is 0 Å². The summed E-state index contributed by atoms with van der Waals surface area (Å²) in [5.41, 5.74) is 0.165. The van der Waals surface area contributed by atoms with Crippen molar-refractivity contribution >= 4 is 16.9 Å². The fourth-order valence-electron chi connectivity index (χ4n) is 1.41. The van der Waals surface area contributed by atoms with Gasteiger partial charge in [-0.05, 0) is 6.07 Å². The second kappa shape index (κ2) is 4.14. The molecule has 0 radical (unpaired) electrons. The largest absolute Gasteiger partial charge is 0.468 e. The molecule has 0 saturated carbocycles. The average molecular weight is 218 g/mol. The molecule has 82 valence electrons. The Morgan fingerprint density at radius 3 is 2.94 bits per heavy atom. The number of esters is 1. The number of ether oxygens (including phenoxy) is 1. The molecule has 0 saturated heterocycles. The third-order valence-corrected chi connectivity index (χ3v) is 2.22. The Morgan fingerprint density at radius 2 is 2.19 bits per heavy atom. The topological polar surface area (TPSA) is 61.2 Å². The normalized spacial score (nSPS) is 10.3. The molecule has 2 aromatic rings. The number of para-hydroxylation sites is 1. The number of carbonyl (C=O) groups excluding carboxylic acids is 1. The van der Waals surface area contributed by atoms with E-state index in [0.29, 0.717) is 5.52 Å². The highest BCUT2D eigenvalue weighted by Gasteiger charge is 2.05. The lowest BCUT2D eigenvalue weighted by atomic mass is 10.2. The molecule has 0 aliphatic rings. The van der Waals surface area contributed by atoms with Gasteiger partial charge in [-0.3, -0.25) is 9.36 Å². The van der Waals surface area contributed by atoms with Crippen molar-refractivity contribution in [1.82, 2.24) is 9.55 Å². The first-order valence-electron chi connectivity index (χ1n) is 4.74. The third-order valence-electron chi connectivity index (χ3n) is 2.22. The molecule has 0 N–H and O–H groups in total. The molecular formula is C11H10N2O3. The van der Waals surface area contributed by atoms with Gasteiger partial charge < -0.3 is 4.74 Å². The number of methoxy groups -OCH3 is 1. The zero-order valence-electron chi connectivity index (χ0n) is 8.71. The lowest BCUT2D eigenvalue weighted by molar-refractivity contribution is -0.141. The lowest BCUT2D eigenvalue weighted by Crippen LogP contribution is -2.26. The fraction of sp³-hybridized carbons (Fsp3) is 0.182. The Morgan fingerprint density at radius 1 is 1.44 bits per heavy atom. The second-order valence-corrected chi connectivity index (χ2v) is 3.29. The van der Waals surface area contributed by atoms with Crippen LogP contribution < -0.4 is 5.69 Å². The van der Waals surface area contributed by atoms with Crippen molar-refractivity contribution < 1.29 is 9.53 Å². The fourth-order valence-corrected chi connectivity index (χ4v) is 1.41. The van der Waals surface area contributed by atoms with Crippen molar-refractivity contribution in [3.63, 3.8) is 0 Å². The lowest BCUT2D eigenvalue weighted by Gasteiger charge is -2.04. The number of fused-ring (bicyclic) bond motifs is 1. The number of carbonyl (C=O) groups is 1. The summed E-state index contributed by atoms with van der Waals surface area (Å²) in [5.74, 6) is -0.473. The number of aromatic nitrogens is 2. The Balaban J connectivity index is 2.50. The molecule has 0 bridgehead atoms. The van der Waals surface area contributed by atoms with Gasteiger partial charge in [-0.1, -0.05) is 18.2 Å². The monoisotopic (exact) mass is 218 g/mol. The Kier molecular flexibility index (Phi) is 2.68. The zero-order chi connectivity index (χ0) is 11.5. The van der Waals surface area contributed by atoms with Gasteiger partial charge in [0.25, 0.3) is 0 Å². The molecule has 0 unspecified atom stereocenters. The summed E-state index contributed by atoms with van der Waals surface area (Å²) in [7, 11) is 1.28. The highest BCUT2D eigenvalue weighted by molar-refractivity contribution is 5.77. The summed E-state index contributed by atoms with van der Waals surface area (Å²) < 4.78 is 5.73. The Bertz CT molecular complexity index is 589. The summed E-state index contributed by atoms with van der Waals surface area (Å²) in [6, 6.07) is 7.23. The maximum Gasteiger partial charge on any atom is 0.348 e. The average Bonchev–Trinajstić information content (AvgIpc) is 2.30. The predicted octanol–water partition coefficient (Wildman–Crippen LogP) is 0.569. The zero-order valence-corrected chi connectivity index (χ0v) is 8.71. The van der Waals surface area contributed by atoms with Crippen molar-refractivity contribution in [3.05, 3.63) is 40.9 Å². The van der Waals surface area contributed by atoms with Gasteiger partial charge in [0.1, 0.15) is 6.54 Å². The van der Waals surface area contributed by atoms with E-state index < -0.39 is 11.7 Å². The summed E-state index contributed by atoms with van der Waals surface area (Å²) in [5, 5.41) is 0.811. The smallest absolute Gasteiger partial charge is 0.348 e. The first-order valence-corrected chi connectivity index (χ1v) is 4.74. The minimum atomic E-state index is -0.473. The molecule has 1 heterocycles. The van der Waals surface area contributed by atoms with Crippen LogP contribution in [-0.2, 0) is 16.1 Å². The van der Waals surface area contributed by atoms with Crippen LogP contribution in [0.15, 0.2) is 35.3 Å². The molecule has 1 aromatic heterocycles. The molecule has 5 heteroatoms. The SMILES string of the molecule is COC(=O)Cn1cc2ccccc2nc1=O. The number of benzene rings is 1. The van der Waals surface area contributed by atoms with Gasteiger partial charge >= 0.3 is 11.7 Å². The van der Waals surface area contributed by atoms with E-state index in [-0.39, 0.29) is 6.54 Å². The quantitative estimate of drug-likeness (QED) is 0.691. The standard InChI is InChI=1S/C11H10N2O3/c1-16-10(14)7-13-6-8-4-2-3-5-9(8)12-11(13)15/h2-6H,7H2,1H3. The summed E-state index contributed by atoms with van der Waals surface area (Å²) >= 11 is 0. The molecule has 0 aliphatic heterocycles. The minimum absolute atomic E-state index is 0.118. The minimum Gasteiger partial charge on any atom is -0.468 e. The molecule has 2 rings (SSSR count). The molecule has 0 fully saturated rings. The summed E-state index contributed by atoms with van der Waals surface area (Å²) in [6.45, 7) is -0.118. The Hall–Kier alpha value is -2.17. The van der Waals surface area contributed by atoms with Crippen molar-refractivity contribution in [3.8, 4) is 0 Å². The van der Waals surface area contributed by atoms with Crippen LogP contribution in [0.3, 0.4) is 0 Å². The molecule has 0 atom stereocenters. The first-order chi connectivity index (χ1) is 7.70. The van der Waals surface area contributed by atoms with Crippen molar-refractivity contribution in [2.45, 2.75) is 6.54 Å². The van der Waals surface area contributed by atoms with E-state index in [1.807, 2.05) is 12.1 Å². The van der Waals surface area contributed by atoms with Crippen LogP contribution in [0.25, 0.3) is 10.9 Å². The van der Waals surface area contributed by atoms with Crippen LogP contribution in [0.2, 0.25) is 0 Å². The molecule has 0 spiro atoms. The second-order valence-electron chi connectivity index (χ2n) is 3.29. The maximum absolute atomic E-state index is 11.5. The number of rotatable bonds is 2. The molecular weight excluding hydrogens is 208 g/mol. The van der Waals surface area contributed by atoms with E-state index in [4.69, 9.17) is 0 Å². The third kappa shape index (κ3) is 1.93. The van der Waals surface area contributed by atoms with E-state index >= 15 is 0 Å². The van der Waals surface area contributed by atoms with Crippen LogP contribution in [0, 0.1) is 0 Å². The van der Waals surface area contributed by atoms with E-state index in [0.717, 1.165) is 5.39 Å². The summed E-state index contributed by atoms with van der Waals surface area (Å²) in [4.78, 5) is 26.5. The highest BCUT2D eigenvalue weighted by Crippen LogP contribution is 2.07. The van der Waals surface area contributed by atoms with Gasteiger partial charge in [-0.2, -0.15) is 4.98 Å². The molecule has 0 amide bonds. The number of nitrogens with zero attached hydrogens (tertiary/aromatic N) is 2. The molecule has 16 heavy (non-hydrogen) atoms. The number of hydrogen-bond acceptors (Lipinski definition) is 4. The van der Waals surface area contributed by atoms with E-state index in [1.54, 1.807) is 18.3 Å². The van der Waals surface area contributed by atoms with E-state index in [2.05, 4.69) is 9.72 Å². The van der Waals surface area contributed by atoms with Gasteiger partial charge in [0.05, 0.1) is 12.6 Å². The van der Waals surface area contributed by atoms with Crippen molar-refractivity contribution in [2.75, 3.05) is 7.11 Å². The maximum atomic E-state index is 11.5. The van der Waals surface area contributed by atoms with E-state index in [1.165, 1.54) is 11.7 Å². The van der Waals surface area contributed by atoms with Gasteiger partial charge in [0.15, 0.2) is 0 Å². The molecule has 1 aromatic carbocycles. The van der Waals surface area contributed by atoms with Gasteiger partial charge in [0, 0.05) is 11.6 Å². The van der Waals surface area contributed by atoms with Gasteiger partial charge in [0.2, 0.25) is 0 Å².